The zero-order valence-electron chi connectivity index (χ0n) is 8.16. The van der Waals surface area contributed by atoms with Crippen LogP contribution in [-0.2, 0) is 0 Å². The molecule has 1 aromatic rings. The Morgan fingerprint density at radius 3 is 2.56 bits per heavy atom. The summed E-state index contributed by atoms with van der Waals surface area (Å²) in [4.78, 5) is 21.2. The molecule has 0 aromatic heterocycles. The number of nitrogens with zero attached hydrogens (tertiary/aromatic N) is 1. The van der Waals surface area contributed by atoms with E-state index in [0.717, 1.165) is 6.07 Å². The van der Waals surface area contributed by atoms with Crippen LogP contribution in [0.3, 0.4) is 0 Å². The van der Waals surface area contributed by atoms with Crippen LogP contribution < -0.4 is 0 Å². The molecule has 0 spiro atoms. The summed E-state index contributed by atoms with van der Waals surface area (Å²) in [5.41, 5.74) is -0.936. The fraction of sp³-hybridized carbons (Fsp3) is 0.222. The highest BCUT2D eigenvalue weighted by Crippen LogP contribution is 2.41. The lowest BCUT2D eigenvalue weighted by atomic mass is 10.1. The van der Waals surface area contributed by atoms with Gasteiger partial charge in [0.05, 0.1) is 15.5 Å². The number of carbonyl (C=O) groups is 1. The van der Waals surface area contributed by atoms with Crippen LogP contribution in [0.4, 0.5) is 5.69 Å². The average Bonchev–Trinajstić information content (AvgIpc) is 2.22. The molecular weight excluding hydrogens is 257 g/mol. The number of hydrogen-bond acceptors (Lipinski definition) is 4. The van der Waals surface area contributed by atoms with Crippen molar-refractivity contribution in [3.8, 4) is 5.75 Å². The van der Waals surface area contributed by atoms with E-state index in [0.29, 0.717) is 0 Å². The minimum absolute atomic E-state index is 0.0999. The first-order valence-corrected chi connectivity index (χ1v) is 5.04. The number of rotatable bonds is 3. The molecule has 0 saturated heterocycles. The van der Waals surface area contributed by atoms with Gasteiger partial charge >= 0.3 is 5.69 Å². The minimum atomic E-state index is -0.879. The van der Waals surface area contributed by atoms with E-state index < -0.39 is 22.1 Å². The van der Waals surface area contributed by atoms with E-state index in [-0.39, 0.29) is 22.0 Å². The first-order valence-electron chi connectivity index (χ1n) is 4.28. The maximum atomic E-state index is 11.4. The molecule has 1 N–H and O–H groups in total. The van der Waals surface area contributed by atoms with Crippen molar-refractivity contribution in [2.75, 3.05) is 0 Å². The van der Waals surface area contributed by atoms with Crippen LogP contribution in [-0.4, -0.2) is 15.8 Å². The van der Waals surface area contributed by atoms with Crippen molar-refractivity contribution in [2.45, 2.75) is 13.3 Å². The van der Waals surface area contributed by atoms with Crippen LogP contribution in [0.2, 0.25) is 10.0 Å². The number of Topliss-reactive ketones (excluding diaryl/α,β-unsaturated/α-hetero) is 1. The van der Waals surface area contributed by atoms with Crippen LogP contribution >= 0.6 is 23.2 Å². The summed E-state index contributed by atoms with van der Waals surface area (Å²) >= 11 is 11.2. The molecule has 0 bridgehead atoms. The second-order valence-corrected chi connectivity index (χ2v) is 3.74. The Morgan fingerprint density at radius 2 is 2.12 bits per heavy atom. The third kappa shape index (κ3) is 2.10. The van der Waals surface area contributed by atoms with Crippen molar-refractivity contribution >= 4 is 34.7 Å². The summed E-state index contributed by atoms with van der Waals surface area (Å²) in [5.74, 6) is -1.19. The molecule has 0 saturated carbocycles. The summed E-state index contributed by atoms with van der Waals surface area (Å²) in [6.45, 7) is 1.57. The number of aromatic hydroxyl groups is 1. The number of phenolic OH excluding ortho intramolecular Hbond substituents is 1. The van der Waals surface area contributed by atoms with E-state index in [1.165, 1.54) is 0 Å². The van der Waals surface area contributed by atoms with Crippen LogP contribution in [0.5, 0.6) is 5.75 Å². The van der Waals surface area contributed by atoms with Gasteiger partial charge in [-0.15, -0.1) is 0 Å². The first kappa shape index (κ1) is 12.7. The Morgan fingerprint density at radius 1 is 1.56 bits per heavy atom. The Kier molecular flexibility index (Phi) is 3.72. The maximum absolute atomic E-state index is 11.4. The molecule has 0 aliphatic carbocycles. The van der Waals surface area contributed by atoms with Crippen LogP contribution in [0, 0.1) is 10.1 Å². The summed E-state index contributed by atoms with van der Waals surface area (Å²) in [5, 5.41) is 19.7. The number of halogens is 2. The summed E-state index contributed by atoms with van der Waals surface area (Å²) in [6.07, 6.45) is 0.0999. The van der Waals surface area contributed by atoms with E-state index in [1.807, 2.05) is 0 Å². The SMILES string of the molecule is CCC(=O)c1cc(Cl)c(Cl)c([N+](=O)[O-])c1O. The second-order valence-electron chi connectivity index (χ2n) is 2.95. The highest BCUT2D eigenvalue weighted by molar-refractivity contribution is 6.44. The van der Waals surface area contributed by atoms with Gasteiger partial charge in [0.15, 0.2) is 5.78 Å². The number of nitro groups is 1. The largest absolute Gasteiger partial charge is 0.502 e. The van der Waals surface area contributed by atoms with Gasteiger partial charge in [0.1, 0.15) is 5.02 Å². The molecule has 1 aromatic carbocycles. The Balaban J connectivity index is 3.56. The Labute approximate surface area is 101 Å². The van der Waals surface area contributed by atoms with Gasteiger partial charge in [-0.25, -0.2) is 0 Å². The van der Waals surface area contributed by atoms with Crippen molar-refractivity contribution < 1.29 is 14.8 Å². The molecular formula is C9H7Cl2NO4. The molecule has 1 rings (SSSR count). The molecule has 5 nitrogen and oxygen atoms in total. The van der Waals surface area contributed by atoms with E-state index in [2.05, 4.69) is 0 Å². The van der Waals surface area contributed by atoms with Crippen LogP contribution in [0.25, 0.3) is 0 Å². The molecule has 86 valence electrons. The van der Waals surface area contributed by atoms with E-state index in [9.17, 15) is 20.0 Å². The van der Waals surface area contributed by atoms with Crippen LogP contribution in [0.1, 0.15) is 23.7 Å². The zero-order valence-corrected chi connectivity index (χ0v) is 9.67. The predicted molar refractivity (Wildman–Crippen MR) is 59.4 cm³/mol. The summed E-state index contributed by atoms with van der Waals surface area (Å²) < 4.78 is 0. The van der Waals surface area contributed by atoms with E-state index >= 15 is 0 Å². The lowest BCUT2D eigenvalue weighted by Crippen LogP contribution is -2.01. The molecule has 0 heterocycles. The second kappa shape index (κ2) is 4.67. The van der Waals surface area contributed by atoms with Crippen molar-refractivity contribution in [2.24, 2.45) is 0 Å². The fourth-order valence-corrected chi connectivity index (χ4v) is 1.58. The number of ketones is 1. The standard InChI is InChI=1S/C9H7Cl2NO4/c1-2-6(13)4-3-5(10)7(11)8(9(4)14)12(15)16/h3,14H,2H2,1H3. The van der Waals surface area contributed by atoms with E-state index in [4.69, 9.17) is 23.2 Å². The Hall–Kier alpha value is -1.33. The first-order chi connectivity index (χ1) is 7.40. The quantitative estimate of drug-likeness (QED) is 0.516. The normalized spacial score (nSPS) is 10.2. The number of benzene rings is 1. The lowest BCUT2D eigenvalue weighted by molar-refractivity contribution is -0.385. The van der Waals surface area contributed by atoms with Gasteiger partial charge < -0.3 is 5.11 Å². The predicted octanol–water partition coefficient (Wildman–Crippen LogP) is 3.20. The van der Waals surface area contributed by atoms with Gasteiger partial charge in [-0.3, -0.25) is 14.9 Å². The fourth-order valence-electron chi connectivity index (χ4n) is 1.17. The highest BCUT2D eigenvalue weighted by Gasteiger charge is 2.27. The topological polar surface area (TPSA) is 80.4 Å². The number of carbonyl (C=O) groups excluding carboxylic acids is 1. The minimum Gasteiger partial charge on any atom is -0.502 e. The Bertz CT molecular complexity index is 473. The van der Waals surface area contributed by atoms with Crippen molar-refractivity contribution in [1.29, 1.82) is 0 Å². The summed E-state index contributed by atoms with van der Waals surface area (Å²) in [7, 11) is 0. The van der Waals surface area contributed by atoms with Gasteiger partial charge in [0.2, 0.25) is 5.75 Å². The molecule has 0 aliphatic heterocycles. The van der Waals surface area contributed by atoms with Gasteiger partial charge in [-0.2, -0.15) is 0 Å². The summed E-state index contributed by atoms with van der Waals surface area (Å²) in [6, 6.07) is 1.12. The van der Waals surface area contributed by atoms with Gasteiger partial charge in [-0.1, -0.05) is 30.1 Å². The lowest BCUT2D eigenvalue weighted by Gasteiger charge is -2.05. The van der Waals surface area contributed by atoms with Gasteiger partial charge in [-0.05, 0) is 6.07 Å². The molecule has 0 atom stereocenters. The third-order valence-electron chi connectivity index (χ3n) is 1.97. The number of nitro benzene ring substituents is 1. The molecule has 0 aliphatic rings. The number of phenols is 1. The maximum Gasteiger partial charge on any atom is 0.331 e. The van der Waals surface area contributed by atoms with Gasteiger partial charge in [0, 0.05) is 6.42 Å². The molecule has 16 heavy (non-hydrogen) atoms. The third-order valence-corrected chi connectivity index (χ3v) is 2.75. The molecule has 0 fully saturated rings. The molecule has 7 heteroatoms. The molecule has 0 radical (unpaired) electrons. The number of hydrogen-bond donors (Lipinski definition) is 1. The zero-order chi connectivity index (χ0) is 12.5. The average molecular weight is 264 g/mol. The molecule has 0 amide bonds. The van der Waals surface area contributed by atoms with Gasteiger partial charge in [0.25, 0.3) is 0 Å². The van der Waals surface area contributed by atoms with E-state index in [1.54, 1.807) is 6.92 Å². The highest BCUT2D eigenvalue weighted by atomic mass is 35.5. The van der Waals surface area contributed by atoms with Crippen LogP contribution in [0.15, 0.2) is 6.07 Å². The van der Waals surface area contributed by atoms with Crippen molar-refractivity contribution in [3.63, 3.8) is 0 Å². The monoisotopic (exact) mass is 263 g/mol. The van der Waals surface area contributed by atoms with Crippen molar-refractivity contribution in [1.82, 2.24) is 0 Å². The molecule has 0 unspecified atom stereocenters. The smallest absolute Gasteiger partial charge is 0.331 e. The van der Waals surface area contributed by atoms with Crippen molar-refractivity contribution in [3.05, 3.63) is 31.8 Å².